The van der Waals surface area contributed by atoms with Crippen molar-refractivity contribution in [1.82, 2.24) is 0 Å². The highest BCUT2D eigenvalue weighted by Crippen LogP contribution is 2.39. The topological polar surface area (TPSA) is 104 Å². The van der Waals surface area contributed by atoms with E-state index in [-0.39, 0.29) is 5.57 Å². The molecule has 3 rings (SSSR count). The van der Waals surface area contributed by atoms with Gasteiger partial charge in [0.1, 0.15) is 17.1 Å². The van der Waals surface area contributed by atoms with E-state index in [2.05, 4.69) is 10.6 Å². The average Bonchev–Trinajstić information content (AvgIpc) is 2.91. The number of hydrogen-bond donors (Lipinski definition) is 2. The SMILES string of the molecule is COc1ccccc1NC(=O)C(=Cc1cc(OC)c(OC)c(OC)c1)C(=O)Nc1ccccc1OC. The molecule has 0 aliphatic heterocycles. The predicted molar refractivity (Wildman–Crippen MR) is 137 cm³/mol. The Morgan fingerprint density at radius 1 is 0.611 bits per heavy atom. The number of amides is 2. The van der Waals surface area contributed by atoms with Crippen LogP contribution in [0.15, 0.2) is 66.2 Å². The standard InChI is InChI=1S/C27H28N2O7/c1-32-21-12-8-6-10-19(21)28-26(30)18(27(31)29-20-11-7-9-13-22(20)33-2)14-17-15-23(34-3)25(36-5)24(16-17)35-4/h6-16H,1-5H3,(H,28,30)(H,29,31). The van der Waals surface area contributed by atoms with E-state index in [4.69, 9.17) is 23.7 Å². The summed E-state index contributed by atoms with van der Waals surface area (Å²) in [5.41, 5.74) is 1.11. The molecule has 2 amide bonds. The number of carbonyl (C=O) groups excluding carboxylic acids is 2. The summed E-state index contributed by atoms with van der Waals surface area (Å²) >= 11 is 0. The van der Waals surface area contributed by atoms with Gasteiger partial charge in [-0.3, -0.25) is 9.59 Å². The number of carbonyl (C=O) groups is 2. The van der Waals surface area contributed by atoms with Gasteiger partial charge < -0.3 is 34.3 Å². The zero-order valence-corrected chi connectivity index (χ0v) is 20.7. The number of hydrogen-bond acceptors (Lipinski definition) is 7. The average molecular weight is 493 g/mol. The Hall–Kier alpha value is -4.66. The first-order chi connectivity index (χ1) is 17.4. The van der Waals surface area contributed by atoms with Crippen molar-refractivity contribution in [2.45, 2.75) is 0 Å². The molecule has 3 aromatic carbocycles. The van der Waals surface area contributed by atoms with Gasteiger partial charge in [-0.1, -0.05) is 24.3 Å². The molecule has 0 atom stereocenters. The van der Waals surface area contributed by atoms with E-state index in [1.165, 1.54) is 41.6 Å². The molecule has 9 heteroatoms. The molecule has 9 nitrogen and oxygen atoms in total. The quantitative estimate of drug-likeness (QED) is 0.246. The number of anilines is 2. The van der Waals surface area contributed by atoms with Crippen molar-refractivity contribution in [2.75, 3.05) is 46.2 Å². The van der Waals surface area contributed by atoms with Gasteiger partial charge >= 0.3 is 0 Å². The lowest BCUT2D eigenvalue weighted by molar-refractivity contribution is -0.118. The molecule has 0 spiro atoms. The summed E-state index contributed by atoms with van der Waals surface area (Å²) in [5, 5.41) is 5.49. The Bertz CT molecular complexity index is 1180. The minimum atomic E-state index is -0.652. The van der Waals surface area contributed by atoms with E-state index >= 15 is 0 Å². The molecule has 36 heavy (non-hydrogen) atoms. The second-order valence-corrected chi connectivity index (χ2v) is 7.33. The fourth-order valence-corrected chi connectivity index (χ4v) is 3.46. The van der Waals surface area contributed by atoms with E-state index < -0.39 is 11.8 Å². The number of para-hydroxylation sites is 4. The van der Waals surface area contributed by atoms with Crippen LogP contribution in [-0.4, -0.2) is 47.4 Å². The Balaban J connectivity index is 2.07. The zero-order chi connectivity index (χ0) is 26.1. The minimum absolute atomic E-state index is 0.180. The van der Waals surface area contributed by atoms with Crippen LogP contribution >= 0.6 is 0 Å². The third-order valence-corrected chi connectivity index (χ3v) is 5.20. The molecule has 2 N–H and O–H groups in total. The van der Waals surface area contributed by atoms with Crippen LogP contribution < -0.4 is 34.3 Å². The molecule has 0 heterocycles. The molecule has 0 aromatic heterocycles. The van der Waals surface area contributed by atoms with Crippen LogP contribution in [0.25, 0.3) is 6.08 Å². The number of rotatable bonds is 10. The normalized spacial score (nSPS) is 10.0. The molecule has 0 aliphatic rings. The summed E-state index contributed by atoms with van der Waals surface area (Å²) in [4.78, 5) is 26.8. The Morgan fingerprint density at radius 2 is 1.03 bits per heavy atom. The molecule has 188 valence electrons. The van der Waals surface area contributed by atoms with Crippen LogP contribution in [0.2, 0.25) is 0 Å². The van der Waals surface area contributed by atoms with Crippen LogP contribution in [-0.2, 0) is 9.59 Å². The van der Waals surface area contributed by atoms with Crippen molar-refractivity contribution in [3.63, 3.8) is 0 Å². The monoisotopic (exact) mass is 492 g/mol. The third-order valence-electron chi connectivity index (χ3n) is 5.20. The van der Waals surface area contributed by atoms with Crippen molar-refractivity contribution in [3.8, 4) is 28.7 Å². The molecule has 0 radical (unpaired) electrons. The molecule has 0 fully saturated rings. The fraction of sp³-hybridized carbons (Fsp3) is 0.185. The molecule has 0 unspecified atom stereocenters. The Kier molecular flexibility index (Phi) is 8.77. The van der Waals surface area contributed by atoms with Gasteiger partial charge in [0.15, 0.2) is 11.5 Å². The second-order valence-electron chi connectivity index (χ2n) is 7.33. The lowest BCUT2D eigenvalue weighted by atomic mass is 10.1. The Morgan fingerprint density at radius 3 is 1.42 bits per heavy atom. The van der Waals surface area contributed by atoms with Crippen molar-refractivity contribution in [3.05, 3.63) is 71.8 Å². The predicted octanol–water partition coefficient (Wildman–Crippen LogP) is 4.39. The second kappa shape index (κ2) is 12.2. The summed E-state index contributed by atoms with van der Waals surface area (Å²) in [7, 11) is 7.43. The smallest absolute Gasteiger partial charge is 0.261 e. The number of nitrogens with one attached hydrogen (secondary N) is 2. The summed E-state index contributed by atoms with van der Waals surface area (Å²) in [5.74, 6) is 0.721. The van der Waals surface area contributed by atoms with E-state index in [9.17, 15) is 9.59 Å². The highest BCUT2D eigenvalue weighted by atomic mass is 16.5. The molecule has 0 saturated carbocycles. The van der Waals surface area contributed by atoms with Gasteiger partial charge in [-0.2, -0.15) is 0 Å². The van der Waals surface area contributed by atoms with Crippen molar-refractivity contribution in [2.24, 2.45) is 0 Å². The van der Waals surface area contributed by atoms with Crippen LogP contribution in [0.4, 0.5) is 11.4 Å². The molecule has 0 aliphatic carbocycles. The number of ether oxygens (including phenoxy) is 5. The van der Waals surface area contributed by atoms with Gasteiger partial charge in [-0.05, 0) is 48.0 Å². The fourth-order valence-electron chi connectivity index (χ4n) is 3.46. The van der Waals surface area contributed by atoms with Gasteiger partial charge in [-0.25, -0.2) is 0 Å². The van der Waals surface area contributed by atoms with Crippen molar-refractivity contribution >= 4 is 29.3 Å². The van der Waals surface area contributed by atoms with Crippen molar-refractivity contribution in [1.29, 1.82) is 0 Å². The maximum absolute atomic E-state index is 13.4. The van der Waals surface area contributed by atoms with Crippen molar-refractivity contribution < 1.29 is 33.3 Å². The van der Waals surface area contributed by atoms with Gasteiger partial charge in [0.25, 0.3) is 11.8 Å². The van der Waals surface area contributed by atoms with E-state index in [0.717, 1.165) is 0 Å². The highest BCUT2D eigenvalue weighted by molar-refractivity contribution is 6.29. The largest absolute Gasteiger partial charge is 0.495 e. The van der Waals surface area contributed by atoms with Crippen LogP contribution in [0.1, 0.15) is 5.56 Å². The summed E-state index contributed by atoms with van der Waals surface area (Å²) in [6.07, 6.45) is 1.43. The summed E-state index contributed by atoms with van der Waals surface area (Å²) < 4.78 is 26.8. The first-order valence-electron chi connectivity index (χ1n) is 10.9. The number of methoxy groups -OCH3 is 5. The van der Waals surface area contributed by atoms with Gasteiger partial charge in [0.05, 0.1) is 46.9 Å². The highest BCUT2D eigenvalue weighted by Gasteiger charge is 2.22. The van der Waals surface area contributed by atoms with Crippen LogP contribution in [0.3, 0.4) is 0 Å². The van der Waals surface area contributed by atoms with Crippen LogP contribution in [0.5, 0.6) is 28.7 Å². The maximum atomic E-state index is 13.4. The van der Waals surface area contributed by atoms with Crippen LogP contribution in [0, 0.1) is 0 Å². The van der Waals surface area contributed by atoms with E-state index in [0.29, 0.717) is 45.7 Å². The number of benzene rings is 3. The minimum Gasteiger partial charge on any atom is -0.495 e. The third kappa shape index (κ3) is 5.87. The lowest BCUT2D eigenvalue weighted by Crippen LogP contribution is -2.25. The van der Waals surface area contributed by atoms with E-state index in [1.54, 1.807) is 60.7 Å². The molecule has 0 bridgehead atoms. The maximum Gasteiger partial charge on any atom is 0.261 e. The van der Waals surface area contributed by atoms with Gasteiger partial charge in [0, 0.05) is 0 Å². The summed E-state index contributed by atoms with van der Waals surface area (Å²) in [6.45, 7) is 0. The first kappa shape index (κ1) is 26.0. The first-order valence-corrected chi connectivity index (χ1v) is 10.9. The molecule has 3 aromatic rings. The Labute approximate surface area is 209 Å². The molecular weight excluding hydrogens is 464 g/mol. The molecule has 0 saturated heterocycles. The summed E-state index contributed by atoms with van der Waals surface area (Å²) in [6, 6.07) is 17.1. The zero-order valence-electron chi connectivity index (χ0n) is 20.7. The van der Waals surface area contributed by atoms with E-state index in [1.807, 2.05) is 0 Å². The molecular formula is C27H28N2O7. The van der Waals surface area contributed by atoms with Gasteiger partial charge in [0.2, 0.25) is 5.75 Å². The lowest BCUT2D eigenvalue weighted by Gasteiger charge is -2.15. The van der Waals surface area contributed by atoms with Gasteiger partial charge in [-0.15, -0.1) is 0 Å².